The molecule has 1 aliphatic heterocycles. The van der Waals surface area contributed by atoms with E-state index in [1.54, 1.807) is 0 Å². The highest BCUT2D eigenvalue weighted by Gasteiger charge is 2.13. The van der Waals surface area contributed by atoms with E-state index in [1.165, 1.54) is 5.56 Å². The molecule has 0 amide bonds. The summed E-state index contributed by atoms with van der Waals surface area (Å²) in [6, 6.07) is 6.06. The Kier molecular flexibility index (Phi) is 11.4. The highest BCUT2D eigenvalue weighted by Crippen LogP contribution is 2.32. The first-order chi connectivity index (χ1) is 12.3. The van der Waals surface area contributed by atoms with Gasteiger partial charge in [0.25, 0.3) is 0 Å². The van der Waals surface area contributed by atoms with E-state index in [9.17, 15) is 0 Å². The zero-order valence-electron chi connectivity index (χ0n) is 15.8. The number of fused-ring (bicyclic) bond motifs is 1. The van der Waals surface area contributed by atoms with Gasteiger partial charge in [0, 0.05) is 26.2 Å². The lowest BCUT2D eigenvalue weighted by atomic mass is 10.0. The lowest BCUT2D eigenvalue weighted by molar-refractivity contribution is 0.174. The minimum atomic E-state index is 0. The van der Waals surface area contributed by atoms with Crippen LogP contribution in [0.3, 0.4) is 0 Å². The van der Waals surface area contributed by atoms with Crippen LogP contribution in [-0.2, 0) is 6.42 Å². The maximum atomic E-state index is 9.17. The van der Waals surface area contributed by atoms with Gasteiger partial charge in [-0.25, -0.2) is 0 Å². The maximum Gasteiger partial charge on any atom is 0.231 e. The Morgan fingerprint density at radius 3 is 2.73 bits per heavy atom. The molecule has 148 valence electrons. The van der Waals surface area contributed by atoms with Crippen molar-refractivity contribution >= 4 is 29.9 Å². The molecule has 0 saturated carbocycles. The first-order valence-electron chi connectivity index (χ1n) is 9.28. The number of aliphatic hydroxyl groups excluding tert-OH is 1. The van der Waals surface area contributed by atoms with Crippen LogP contribution >= 0.6 is 24.0 Å². The molecule has 3 N–H and O–H groups in total. The molecule has 6 nitrogen and oxygen atoms in total. The van der Waals surface area contributed by atoms with Gasteiger partial charge in [0.2, 0.25) is 6.79 Å². The molecule has 1 unspecified atom stereocenters. The fourth-order valence-electron chi connectivity index (χ4n) is 2.90. The number of nitrogens with one attached hydrogen (secondary N) is 2. The molecule has 1 atom stereocenters. The fraction of sp³-hybridized carbons (Fsp3) is 0.632. The van der Waals surface area contributed by atoms with Gasteiger partial charge < -0.3 is 25.2 Å². The number of rotatable bonds is 10. The highest BCUT2D eigenvalue weighted by atomic mass is 127. The Balaban J connectivity index is 0.00000338. The monoisotopic (exact) mass is 477 g/mol. The topological polar surface area (TPSA) is 75.1 Å². The van der Waals surface area contributed by atoms with E-state index >= 15 is 0 Å². The minimum absolute atomic E-state index is 0. The number of hydrogen-bond acceptors (Lipinski definition) is 4. The molecule has 0 bridgehead atoms. The number of nitrogens with zero attached hydrogens (tertiary/aromatic N) is 1. The average Bonchev–Trinajstić information content (AvgIpc) is 3.07. The normalized spacial score (nSPS) is 13.9. The Morgan fingerprint density at radius 1 is 1.19 bits per heavy atom. The van der Waals surface area contributed by atoms with Crippen molar-refractivity contribution in [3.05, 3.63) is 23.8 Å². The minimum Gasteiger partial charge on any atom is -0.454 e. The molecule has 1 aromatic carbocycles. The molecule has 1 aromatic rings. The van der Waals surface area contributed by atoms with Gasteiger partial charge in [-0.2, -0.15) is 0 Å². The summed E-state index contributed by atoms with van der Waals surface area (Å²) in [5.74, 6) is 2.92. The average molecular weight is 477 g/mol. The molecule has 2 rings (SSSR count). The van der Waals surface area contributed by atoms with Crippen molar-refractivity contribution in [2.45, 2.75) is 39.5 Å². The van der Waals surface area contributed by atoms with Gasteiger partial charge in [-0.15, -0.1) is 24.0 Å². The molecule has 0 saturated heterocycles. The van der Waals surface area contributed by atoms with Crippen molar-refractivity contribution in [3.63, 3.8) is 0 Å². The molecule has 0 aromatic heterocycles. The first-order valence-corrected chi connectivity index (χ1v) is 9.28. The molecule has 1 heterocycles. The highest BCUT2D eigenvalue weighted by molar-refractivity contribution is 14.0. The Morgan fingerprint density at radius 2 is 2.00 bits per heavy atom. The molecular weight excluding hydrogens is 445 g/mol. The van der Waals surface area contributed by atoms with Crippen LogP contribution in [-0.4, -0.2) is 44.1 Å². The zero-order chi connectivity index (χ0) is 17.9. The van der Waals surface area contributed by atoms with Gasteiger partial charge >= 0.3 is 0 Å². The Bertz CT molecular complexity index is 549. The van der Waals surface area contributed by atoms with E-state index in [0.29, 0.717) is 12.7 Å². The van der Waals surface area contributed by atoms with E-state index in [-0.39, 0.29) is 30.6 Å². The van der Waals surface area contributed by atoms with Crippen LogP contribution in [0.15, 0.2) is 23.2 Å². The number of benzene rings is 1. The summed E-state index contributed by atoms with van der Waals surface area (Å²) in [6.07, 6.45) is 3.92. The zero-order valence-corrected chi connectivity index (χ0v) is 18.1. The summed E-state index contributed by atoms with van der Waals surface area (Å²) in [4.78, 5) is 4.68. The molecule has 0 fully saturated rings. The predicted octanol–water partition coefficient (Wildman–Crippen LogP) is 2.93. The quantitative estimate of drug-likeness (QED) is 0.275. The third-order valence-electron chi connectivity index (χ3n) is 4.23. The SMILES string of the molecule is CCCC(CCO)CN=C(NCC)NCCc1ccc2c(c1)OCO2.I. The number of hydrogen-bond donors (Lipinski definition) is 3. The largest absolute Gasteiger partial charge is 0.454 e. The molecule has 0 aliphatic carbocycles. The van der Waals surface area contributed by atoms with Crippen molar-refractivity contribution in [3.8, 4) is 11.5 Å². The fourth-order valence-corrected chi connectivity index (χ4v) is 2.90. The van der Waals surface area contributed by atoms with Crippen LogP contribution in [0, 0.1) is 5.92 Å². The number of halogens is 1. The smallest absolute Gasteiger partial charge is 0.231 e. The van der Waals surface area contributed by atoms with E-state index < -0.39 is 0 Å². The second-order valence-corrected chi connectivity index (χ2v) is 6.25. The van der Waals surface area contributed by atoms with Crippen molar-refractivity contribution in [1.29, 1.82) is 0 Å². The van der Waals surface area contributed by atoms with Gasteiger partial charge in [-0.05, 0) is 49.8 Å². The van der Waals surface area contributed by atoms with Gasteiger partial charge in [-0.1, -0.05) is 19.4 Å². The molecule has 0 spiro atoms. The summed E-state index contributed by atoms with van der Waals surface area (Å²) in [5.41, 5.74) is 1.21. The molecule has 26 heavy (non-hydrogen) atoms. The molecular formula is C19H32IN3O3. The first kappa shape index (κ1) is 22.8. The number of aliphatic imine (C=N–C) groups is 1. The van der Waals surface area contributed by atoms with Gasteiger partial charge in [-0.3, -0.25) is 4.99 Å². The summed E-state index contributed by atoms with van der Waals surface area (Å²) in [5, 5.41) is 15.8. The summed E-state index contributed by atoms with van der Waals surface area (Å²) < 4.78 is 10.8. The molecule has 7 heteroatoms. The number of aliphatic hydroxyl groups is 1. The third-order valence-corrected chi connectivity index (χ3v) is 4.23. The summed E-state index contributed by atoms with van der Waals surface area (Å²) >= 11 is 0. The standard InChI is InChI=1S/C19H31N3O3.HI/c1-3-5-16(9-11-23)13-22-19(20-4-2)21-10-8-15-6-7-17-18(12-15)25-14-24-17;/h6-7,12,16,23H,3-5,8-11,13-14H2,1-2H3,(H2,20,21,22);1H. The van der Waals surface area contributed by atoms with Crippen molar-refractivity contribution < 1.29 is 14.6 Å². The van der Waals surface area contributed by atoms with E-state index in [1.807, 2.05) is 12.1 Å². The van der Waals surface area contributed by atoms with Crippen LogP contribution in [0.1, 0.15) is 38.7 Å². The number of ether oxygens (including phenoxy) is 2. The van der Waals surface area contributed by atoms with E-state index in [4.69, 9.17) is 14.6 Å². The Labute approximate surface area is 173 Å². The van der Waals surface area contributed by atoms with E-state index in [2.05, 4.69) is 35.5 Å². The lowest BCUT2D eigenvalue weighted by Gasteiger charge is -2.15. The molecule has 1 aliphatic rings. The summed E-state index contributed by atoms with van der Waals surface area (Å²) in [7, 11) is 0. The van der Waals surface area contributed by atoms with Gasteiger partial charge in [0.05, 0.1) is 0 Å². The second-order valence-electron chi connectivity index (χ2n) is 6.25. The maximum absolute atomic E-state index is 9.17. The van der Waals surface area contributed by atoms with Crippen molar-refractivity contribution in [2.75, 3.05) is 33.0 Å². The summed E-state index contributed by atoms with van der Waals surface area (Å²) in [6.45, 7) is 7.14. The van der Waals surface area contributed by atoms with Crippen molar-refractivity contribution in [1.82, 2.24) is 10.6 Å². The van der Waals surface area contributed by atoms with Crippen LogP contribution < -0.4 is 20.1 Å². The number of guanidine groups is 1. The van der Waals surface area contributed by atoms with Crippen LogP contribution in [0.25, 0.3) is 0 Å². The lowest BCUT2D eigenvalue weighted by Crippen LogP contribution is -2.38. The van der Waals surface area contributed by atoms with Gasteiger partial charge in [0.1, 0.15) is 0 Å². The van der Waals surface area contributed by atoms with Crippen LogP contribution in [0.4, 0.5) is 0 Å². The molecule has 0 radical (unpaired) electrons. The Hall–Kier alpha value is -1.22. The van der Waals surface area contributed by atoms with Crippen molar-refractivity contribution in [2.24, 2.45) is 10.9 Å². The second kappa shape index (κ2) is 13.0. The predicted molar refractivity (Wildman–Crippen MR) is 116 cm³/mol. The van der Waals surface area contributed by atoms with Gasteiger partial charge in [0.15, 0.2) is 17.5 Å². The third kappa shape index (κ3) is 7.57. The van der Waals surface area contributed by atoms with Crippen LogP contribution in [0.2, 0.25) is 0 Å². The van der Waals surface area contributed by atoms with Crippen LogP contribution in [0.5, 0.6) is 11.5 Å². The van der Waals surface area contributed by atoms with E-state index in [0.717, 1.165) is 62.8 Å².